The van der Waals surface area contributed by atoms with Crippen LogP contribution in [0.3, 0.4) is 0 Å². The molecule has 1 aliphatic heterocycles. The van der Waals surface area contributed by atoms with E-state index in [0.717, 1.165) is 0 Å². The summed E-state index contributed by atoms with van der Waals surface area (Å²) < 4.78 is 40.4. The highest BCUT2D eigenvalue weighted by Gasteiger charge is 2.35. The van der Waals surface area contributed by atoms with Gasteiger partial charge < -0.3 is 10.5 Å². The molecule has 0 saturated carbocycles. The van der Waals surface area contributed by atoms with E-state index in [0.29, 0.717) is 6.42 Å². The molecule has 1 heterocycles. The van der Waals surface area contributed by atoms with Gasteiger partial charge in [0.2, 0.25) is 0 Å². The zero-order valence-electron chi connectivity index (χ0n) is 7.38. The van der Waals surface area contributed by atoms with Crippen molar-refractivity contribution in [3.05, 3.63) is 0 Å². The van der Waals surface area contributed by atoms with Gasteiger partial charge in [-0.2, -0.15) is 13.2 Å². The van der Waals surface area contributed by atoms with E-state index in [1.165, 1.54) is 4.90 Å². The first kappa shape index (κ1) is 11.1. The van der Waals surface area contributed by atoms with E-state index in [9.17, 15) is 18.0 Å². The third kappa shape index (κ3) is 3.82. The Balaban J connectivity index is 2.31. The SMILES string of the molecule is NC(=O)OC1CCN(CC(F)(F)F)C1. The Hall–Kier alpha value is -0.980. The molecule has 0 aromatic carbocycles. The largest absolute Gasteiger partial charge is 0.445 e. The second kappa shape index (κ2) is 4.04. The number of halogens is 3. The number of nitrogens with zero attached hydrogens (tertiary/aromatic N) is 1. The Morgan fingerprint density at radius 1 is 1.57 bits per heavy atom. The maximum atomic E-state index is 11.9. The summed E-state index contributed by atoms with van der Waals surface area (Å²) in [5.41, 5.74) is 4.74. The molecule has 1 unspecified atom stereocenters. The maximum absolute atomic E-state index is 11.9. The first-order valence-corrected chi connectivity index (χ1v) is 4.12. The van der Waals surface area contributed by atoms with Crippen molar-refractivity contribution in [3.8, 4) is 0 Å². The van der Waals surface area contributed by atoms with Gasteiger partial charge in [0.05, 0.1) is 6.54 Å². The molecule has 1 saturated heterocycles. The van der Waals surface area contributed by atoms with Crippen molar-refractivity contribution in [2.24, 2.45) is 5.73 Å². The highest BCUT2D eigenvalue weighted by Crippen LogP contribution is 2.20. The van der Waals surface area contributed by atoms with Gasteiger partial charge in [0, 0.05) is 13.1 Å². The minimum atomic E-state index is -4.21. The smallest absolute Gasteiger partial charge is 0.404 e. The molecule has 0 aromatic heterocycles. The summed E-state index contributed by atoms with van der Waals surface area (Å²) in [5, 5.41) is 0. The predicted octanol–water partition coefficient (Wildman–Crippen LogP) is 0.718. The molecule has 1 aliphatic rings. The van der Waals surface area contributed by atoms with Gasteiger partial charge >= 0.3 is 12.3 Å². The van der Waals surface area contributed by atoms with E-state index < -0.39 is 24.9 Å². The summed E-state index contributed by atoms with van der Waals surface area (Å²) in [4.78, 5) is 11.5. The van der Waals surface area contributed by atoms with Crippen LogP contribution < -0.4 is 5.73 Å². The van der Waals surface area contributed by atoms with E-state index in [1.54, 1.807) is 0 Å². The zero-order valence-corrected chi connectivity index (χ0v) is 7.38. The highest BCUT2D eigenvalue weighted by atomic mass is 19.4. The summed E-state index contributed by atoms with van der Waals surface area (Å²) in [6, 6.07) is 0. The van der Waals surface area contributed by atoms with Gasteiger partial charge in [-0.3, -0.25) is 4.90 Å². The number of carbonyl (C=O) groups is 1. The fraction of sp³-hybridized carbons (Fsp3) is 0.857. The van der Waals surface area contributed by atoms with Crippen molar-refractivity contribution in [2.75, 3.05) is 19.6 Å². The van der Waals surface area contributed by atoms with Crippen LogP contribution in [-0.2, 0) is 4.74 Å². The van der Waals surface area contributed by atoms with Crippen molar-refractivity contribution in [1.29, 1.82) is 0 Å². The number of hydrogen-bond donors (Lipinski definition) is 1. The van der Waals surface area contributed by atoms with Gasteiger partial charge in [-0.25, -0.2) is 4.79 Å². The Morgan fingerprint density at radius 2 is 2.21 bits per heavy atom. The Bertz CT molecular complexity index is 219. The van der Waals surface area contributed by atoms with Gasteiger partial charge in [0.15, 0.2) is 0 Å². The van der Waals surface area contributed by atoms with Crippen molar-refractivity contribution in [3.63, 3.8) is 0 Å². The van der Waals surface area contributed by atoms with Crippen LogP contribution in [0.5, 0.6) is 0 Å². The van der Waals surface area contributed by atoms with Gasteiger partial charge in [-0.15, -0.1) is 0 Å². The minimum absolute atomic E-state index is 0.0997. The number of likely N-dealkylation sites (tertiary alicyclic amines) is 1. The number of ether oxygens (including phenoxy) is 1. The van der Waals surface area contributed by atoms with Crippen LogP contribution in [0.1, 0.15) is 6.42 Å². The Morgan fingerprint density at radius 3 is 2.71 bits per heavy atom. The number of hydrogen-bond acceptors (Lipinski definition) is 3. The lowest BCUT2D eigenvalue weighted by Crippen LogP contribution is -2.34. The number of carbonyl (C=O) groups excluding carboxylic acids is 1. The third-order valence-corrected chi connectivity index (χ3v) is 1.91. The second-order valence-electron chi connectivity index (χ2n) is 3.20. The van der Waals surface area contributed by atoms with E-state index in [-0.39, 0.29) is 13.1 Å². The van der Waals surface area contributed by atoms with Crippen LogP contribution in [-0.4, -0.2) is 42.9 Å². The highest BCUT2D eigenvalue weighted by molar-refractivity contribution is 5.64. The molecule has 0 aliphatic carbocycles. The average Bonchev–Trinajstić information content (AvgIpc) is 2.30. The van der Waals surface area contributed by atoms with Crippen LogP contribution in [0.2, 0.25) is 0 Å². The molecule has 14 heavy (non-hydrogen) atoms. The number of primary amides is 1. The molecule has 0 aromatic rings. The Kier molecular flexibility index (Phi) is 3.20. The molecule has 1 amide bonds. The zero-order chi connectivity index (χ0) is 10.8. The molecule has 1 rings (SSSR count). The number of alkyl halides is 3. The molecule has 7 heteroatoms. The lowest BCUT2D eigenvalue weighted by molar-refractivity contribution is -0.144. The van der Waals surface area contributed by atoms with Crippen LogP contribution in [0, 0.1) is 0 Å². The summed E-state index contributed by atoms with van der Waals surface area (Å²) in [5.74, 6) is 0. The molecule has 0 radical (unpaired) electrons. The summed E-state index contributed by atoms with van der Waals surface area (Å²) in [7, 11) is 0. The molecular weight excluding hydrogens is 201 g/mol. The molecule has 4 nitrogen and oxygen atoms in total. The van der Waals surface area contributed by atoms with Gasteiger partial charge in [0.1, 0.15) is 6.10 Å². The van der Waals surface area contributed by atoms with Gasteiger partial charge in [0.25, 0.3) is 0 Å². The maximum Gasteiger partial charge on any atom is 0.404 e. The van der Waals surface area contributed by atoms with Crippen molar-refractivity contribution in [1.82, 2.24) is 4.90 Å². The molecule has 1 atom stereocenters. The lowest BCUT2D eigenvalue weighted by Gasteiger charge is -2.17. The fourth-order valence-electron chi connectivity index (χ4n) is 1.45. The molecule has 2 N–H and O–H groups in total. The standard InChI is InChI=1S/C7H11F3N2O2/c8-7(9,10)4-12-2-1-5(3-12)14-6(11)13/h5H,1-4H2,(H2,11,13). The van der Waals surface area contributed by atoms with Crippen molar-refractivity contribution >= 4 is 6.09 Å². The first-order chi connectivity index (χ1) is 6.37. The fourth-order valence-corrected chi connectivity index (χ4v) is 1.45. The third-order valence-electron chi connectivity index (χ3n) is 1.91. The van der Waals surface area contributed by atoms with Gasteiger partial charge in [-0.1, -0.05) is 0 Å². The minimum Gasteiger partial charge on any atom is -0.445 e. The summed E-state index contributed by atoms with van der Waals surface area (Å²) >= 11 is 0. The molecule has 0 bridgehead atoms. The molecular formula is C7H11F3N2O2. The topological polar surface area (TPSA) is 55.6 Å². The lowest BCUT2D eigenvalue weighted by atomic mass is 10.3. The molecule has 1 fully saturated rings. The normalized spacial score (nSPS) is 23.8. The molecule has 82 valence electrons. The first-order valence-electron chi connectivity index (χ1n) is 4.12. The van der Waals surface area contributed by atoms with E-state index in [1.807, 2.05) is 0 Å². The number of amides is 1. The van der Waals surface area contributed by atoms with Crippen LogP contribution in [0.15, 0.2) is 0 Å². The molecule has 0 spiro atoms. The van der Waals surface area contributed by atoms with E-state index in [2.05, 4.69) is 4.74 Å². The van der Waals surface area contributed by atoms with Crippen LogP contribution in [0.25, 0.3) is 0 Å². The summed E-state index contributed by atoms with van der Waals surface area (Å²) in [6.45, 7) is -0.592. The van der Waals surface area contributed by atoms with E-state index in [4.69, 9.17) is 5.73 Å². The van der Waals surface area contributed by atoms with Crippen molar-refractivity contribution < 1.29 is 22.7 Å². The van der Waals surface area contributed by atoms with Crippen LogP contribution in [0.4, 0.5) is 18.0 Å². The Labute approximate surface area is 78.8 Å². The van der Waals surface area contributed by atoms with Crippen LogP contribution >= 0.6 is 0 Å². The average molecular weight is 212 g/mol. The predicted molar refractivity (Wildman–Crippen MR) is 41.6 cm³/mol. The van der Waals surface area contributed by atoms with E-state index >= 15 is 0 Å². The van der Waals surface area contributed by atoms with Crippen molar-refractivity contribution in [2.45, 2.75) is 18.7 Å². The summed E-state index contributed by atoms with van der Waals surface area (Å²) in [6.07, 6.45) is -5.25. The quantitative estimate of drug-likeness (QED) is 0.733. The second-order valence-corrected chi connectivity index (χ2v) is 3.20. The van der Waals surface area contributed by atoms with Gasteiger partial charge in [-0.05, 0) is 6.42 Å². The monoisotopic (exact) mass is 212 g/mol. The number of nitrogens with two attached hydrogens (primary N) is 1. The number of rotatable bonds is 2.